The molecule has 50 heavy (non-hydrogen) atoms. The maximum absolute atomic E-state index is 14.9. The largest absolute Gasteiger partial charge is 0.460 e. The average molecular weight is 701 g/mol. The van der Waals surface area contributed by atoms with E-state index >= 15 is 0 Å². The van der Waals surface area contributed by atoms with Crippen LogP contribution in [0.4, 0.5) is 0 Å². The van der Waals surface area contributed by atoms with Gasteiger partial charge in [-0.3, -0.25) is 28.8 Å². The number of epoxide rings is 1. The van der Waals surface area contributed by atoms with Gasteiger partial charge in [-0.05, 0) is 39.2 Å². The van der Waals surface area contributed by atoms with Crippen molar-refractivity contribution in [3.8, 4) is 0 Å². The van der Waals surface area contributed by atoms with Crippen LogP contribution in [0.5, 0.6) is 0 Å². The highest BCUT2D eigenvalue weighted by Gasteiger charge is 2.84. The molecule has 7 rings (SSSR count). The summed E-state index contributed by atoms with van der Waals surface area (Å²) in [5, 5.41) is 11.7. The van der Waals surface area contributed by atoms with Crippen molar-refractivity contribution in [3.63, 3.8) is 0 Å². The third-order valence-corrected chi connectivity index (χ3v) is 13.9. The normalized spacial score (nSPS) is 50.9. The molecule has 6 fully saturated rings. The SMILES string of the molecule is CC(=O)O[C@H]1[C@@H]2[C@H]([C@H]3[C@H]4OC(=O)[C@@](C)(O)[C@@]5(C)C(=O)C=C(C)[C@@H]([C@@H]45)[C@@]3(C)[C@H]1OC(C)=O)[C@@H](OC(C)=O)C(=O)[C@H]1C[C@@H]3O[C@@H]3[C@H](OC(C)=O)[C@]21C. The number of Topliss-reactive ketones (excluding diaryl/α,β-unsaturated/α-hetero) is 1. The van der Waals surface area contributed by atoms with Crippen LogP contribution in [-0.2, 0) is 62.0 Å². The zero-order valence-electron chi connectivity index (χ0n) is 29.5. The molecule has 0 aromatic carbocycles. The lowest BCUT2D eigenvalue weighted by atomic mass is 9.41. The van der Waals surface area contributed by atoms with E-state index in [1.54, 1.807) is 20.8 Å². The smallest absolute Gasteiger partial charge is 0.339 e. The lowest BCUT2D eigenvalue weighted by Crippen LogP contribution is -2.75. The first-order valence-electron chi connectivity index (χ1n) is 17.2. The zero-order valence-corrected chi connectivity index (χ0v) is 29.5. The third kappa shape index (κ3) is 4.17. The number of ether oxygens (including phenoxy) is 6. The lowest BCUT2D eigenvalue weighted by Gasteiger charge is -2.65. The predicted octanol–water partition coefficient (Wildman–Crippen LogP) is 1.42. The van der Waals surface area contributed by atoms with Gasteiger partial charge < -0.3 is 33.5 Å². The van der Waals surface area contributed by atoms with Gasteiger partial charge in [-0.15, -0.1) is 0 Å². The van der Waals surface area contributed by atoms with Crippen molar-refractivity contribution in [2.75, 3.05) is 0 Å². The van der Waals surface area contributed by atoms with Crippen LogP contribution in [0.3, 0.4) is 0 Å². The first-order valence-corrected chi connectivity index (χ1v) is 17.2. The van der Waals surface area contributed by atoms with E-state index in [1.807, 2.05) is 0 Å². The van der Waals surface area contributed by atoms with Crippen LogP contribution < -0.4 is 0 Å². The molecule has 4 saturated carbocycles. The van der Waals surface area contributed by atoms with Crippen molar-refractivity contribution in [2.24, 2.45) is 51.8 Å². The molecular formula is C36H44O14. The van der Waals surface area contributed by atoms with Gasteiger partial charge >= 0.3 is 29.8 Å². The summed E-state index contributed by atoms with van der Waals surface area (Å²) in [6, 6.07) is 0. The second-order valence-corrected chi connectivity index (χ2v) is 16.3. The predicted molar refractivity (Wildman–Crippen MR) is 165 cm³/mol. The van der Waals surface area contributed by atoms with E-state index in [-0.39, 0.29) is 6.42 Å². The Morgan fingerprint density at radius 3 is 1.94 bits per heavy atom. The van der Waals surface area contributed by atoms with Gasteiger partial charge in [0.15, 0.2) is 23.3 Å². The zero-order chi connectivity index (χ0) is 36.8. The monoisotopic (exact) mass is 700 g/mol. The van der Waals surface area contributed by atoms with Crippen LogP contribution in [-0.4, -0.2) is 94.8 Å². The fourth-order valence-electron chi connectivity index (χ4n) is 12.0. The minimum Gasteiger partial charge on any atom is -0.460 e. The Labute approximate surface area is 288 Å². The molecule has 0 aromatic rings. The second-order valence-electron chi connectivity index (χ2n) is 16.3. The van der Waals surface area contributed by atoms with Crippen LogP contribution >= 0.6 is 0 Å². The van der Waals surface area contributed by atoms with Crippen molar-refractivity contribution in [2.45, 2.75) is 117 Å². The Morgan fingerprint density at radius 2 is 1.36 bits per heavy atom. The highest BCUT2D eigenvalue weighted by Crippen LogP contribution is 2.75. The maximum Gasteiger partial charge on any atom is 0.339 e. The molecule has 17 atom stereocenters. The third-order valence-electron chi connectivity index (χ3n) is 13.9. The molecule has 1 N–H and O–H groups in total. The minimum absolute atomic E-state index is 0.201. The number of hydrogen-bond donors (Lipinski definition) is 1. The summed E-state index contributed by atoms with van der Waals surface area (Å²) in [4.78, 5) is 94.4. The van der Waals surface area contributed by atoms with Crippen molar-refractivity contribution in [1.29, 1.82) is 0 Å². The molecule has 0 radical (unpaired) electrons. The van der Waals surface area contributed by atoms with Crippen molar-refractivity contribution in [1.82, 2.24) is 0 Å². The number of esters is 5. The number of hydrogen-bond acceptors (Lipinski definition) is 14. The molecule has 7 aliphatic rings. The molecule has 0 aromatic heterocycles. The average Bonchev–Trinajstić information content (AvgIpc) is 3.71. The van der Waals surface area contributed by atoms with E-state index in [4.69, 9.17) is 28.4 Å². The quantitative estimate of drug-likeness (QED) is 0.251. The molecule has 2 aliphatic heterocycles. The summed E-state index contributed by atoms with van der Waals surface area (Å²) in [5.74, 6) is -10.5. The van der Waals surface area contributed by atoms with Gasteiger partial charge in [-0.25, -0.2) is 4.79 Å². The molecular weight excluding hydrogens is 656 g/mol. The topological polar surface area (TPSA) is 198 Å². The van der Waals surface area contributed by atoms with Gasteiger partial charge in [0.25, 0.3) is 0 Å². The molecule has 14 heteroatoms. The lowest BCUT2D eigenvalue weighted by molar-refractivity contribution is -0.274. The van der Waals surface area contributed by atoms with Gasteiger partial charge in [-0.1, -0.05) is 19.4 Å². The van der Waals surface area contributed by atoms with E-state index in [9.17, 15) is 38.7 Å². The van der Waals surface area contributed by atoms with Gasteiger partial charge in [-0.2, -0.15) is 0 Å². The van der Waals surface area contributed by atoms with Gasteiger partial charge in [0.05, 0.1) is 11.5 Å². The van der Waals surface area contributed by atoms with Crippen LogP contribution in [0, 0.1) is 51.8 Å². The van der Waals surface area contributed by atoms with Gasteiger partial charge in [0, 0.05) is 68.1 Å². The number of ketones is 2. The summed E-state index contributed by atoms with van der Waals surface area (Å²) >= 11 is 0. The highest BCUT2D eigenvalue weighted by molar-refractivity contribution is 6.03. The number of fused-ring (bicyclic) bond motifs is 8. The summed E-state index contributed by atoms with van der Waals surface area (Å²) in [6.07, 6.45) is -5.64. The Kier molecular flexibility index (Phi) is 7.44. The standard InChI is InChI=1S/C36H44O14/c1-12-10-19(41)35(8)24-21(12)34(7)22(28(24)50-32(43)36(35,9)44)20-23(29(46-14(3)38)31(34)48-16(5)40)33(6)17(25(42)27(20)45-13(2)37)11-18-26(49-18)30(33)47-15(4)39/h10,17-18,20-24,26-31,44H,11H2,1-9H3/t17-,18+,20+,21+,22+,23+,24+,26+,27-,28-,29+,30+,31+,33+,34-,35+,36-/m1/s1. The first kappa shape index (κ1) is 34.8. The molecule has 2 heterocycles. The van der Waals surface area contributed by atoms with Crippen molar-refractivity contribution >= 4 is 41.4 Å². The fourth-order valence-corrected chi connectivity index (χ4v) is 12.0. The van der Waals surface area contributed by atoms with E-state index in [2.05, 4.69) is 0 Å². The number of carbonyl (C=O) groups excluding carboxylic acids is 7. The van der Waals surface area contributed by atoms with Crippen LogP contribution in [0.15, 0.2) is 11.6 Å². The molecule has 0 amide bonds. The van der Waals surface area contributed by atoms with Gasteiger partial charge in [0.2, 0.25) is 0 Å². The molecule has 14 nitrogen and oxygen atoms in total. The molecule has 272 valence electrons. The number of carbonyl (C=O) groups is 7. The number of allylic oxidation sites excluding steroid dienone is 2. The Balaban J connectivity index is 1.56. The maximum atomic E-state index is 14.9. The summed E-state index contributed by atoms with van der Waals surface area (Å²) in [6.45, 7) is 12.8. The molecule has 2 saturated heterocycles. The van der Waals surface area contributed by atoms with Crippen molar-refractivity contribution < 1.29 is 67.1 Å². The molecule has 0 spiro atoms. The van der Waals surface area contributed by atoms with E-state index in [0.717, 1.165) is 0 Å². The van der Waals surface area contributed by atoms with Crippen LogP contribution in [0.2, 0.25) is 0 Å². The number of aliphatic hydroxyl groups is 1. The second kappa shape index (κ2) is 10.7. The van der Waals surface area contributed by atoms with Crippen molar-refractivity contribution in [3.05, 3.63) is 11.6 Å². The van der Waals surface area contributed by atoms with E-state index in [0.29, 0.717) is 5.57 Å². The Hall–Kier alpha value is -3.65. The van der Waals surface area contributed by atoms with Crippen LogP contribution in [0.1, 0.15) is 68.7 Å². The summed E-state index contributed by atoms with van der Waals surface area (Å²) < 4.78 is 36.4. The Morgan fingerprint density at radius 1 is 0.780 bits per heavy atom. The fraction of sp³-hybridized carbons (Fsp3) is 0.750. The minimum atomic E-state index is -2.27. The first-order chi connectivity index (χ1) is 23.1. The number of rotatable bonds is 4. The molecule has 5 aliphatic carbocycles. The van der Waals surface area contributed by atoms with E-state index in [1.165, 1.54) is 47.6 Å². The van der Waals surface area contributed by atoms with E-state index < -0.39 is 141 Å². The Bertz CT molecular complexity index is 1660. The molecule has 0 bridgehead atoms. The molecule has 0 unspecified atom stereocenters. The van der Waals surface area contributed by atoms with Crippen LogP contribution in [0.25, 0.3) is 0 Å². The van der Waals surface area contributed by atoms with Gasteiger partial charge in [0.1, 0.15) is 30.5 Å². The highest BCUT2D eigenvalue weighted by atomic mass is 16.6. The summed E-state index contributed by atoms with van der Waals surface area (Å²) in [5.41, 5.74) is -6.14. The summed E-state index contributed by atoms with van der Waals surface area (Å²) in [7, 11) is 0.